The van der Waals surface area contributed by atoms with Crippen LogP contribution in [0.3, 0.4) is 0 Å². The monoisotopic (exact) mass is 537 g/mol. The molecular weight excluding hydrogens is 508 g/mol. The molecule has 0 bridgehead atoms. The van der Waals surface area contributed by atoms with E-state index in [0.717, 1.165) is 17.3 Å². The van der Waals surface area contributed by atoms with Crippen molar-refractivity contribution in [1.82, 2.24) is 0 Å². The molecular formula is C32H29NOP2S. The van der Waals surface area contributed by atoms with Gasteiger partial charge in [0.2, 0.25) is 0 Å². The molecule has 0 saturated heterocycles. The Hall–Kier alpha value is -3.22. The van der Waals surface area contributed by atoms with Crippen molar-refractivity contribution >= 4 is 51.8 Å². The topological polar surface area (TPSA) is 21.6 Å². The van der Waals surface area contributed by atoms with Crippen LogP contribution in [-0.4, -0.2) is 13.0 Å². The summed E-state index contributed by atoms with van der Waals surface area (Å²) < 4.78 is 11.1. The van der Waals surface area contributed by atoms with Crippen molar-refractivity contribution < 1.29 is 4.74 Å². The number of rotatable bonds is 8. The van der Waals surface area contributed by atoms with E-state index in [4.69, 9.17) is 21.3 Å². The van der Waals surface area contributed by atoms with Gasteiger partial charge in [-0.25, -0.2) is 0 Å². The van der Waals surface area contributed by atoms with Gasteiger partial charge >= 0.3 is 0 Å². The normalized spacial score (nSPS) is 11.6. The molecule has 0 aliphatic carbocycles. The quantitative estimate of drug-likeness (QED) is 0.194. The van der Waals surface area contributed by atoms with Crippen LogP contribution in [0.25, 0.3) is 0 Å². The van der Waals surface area contributed by atoms with Gasteiger partial charge in [0.25, 0.3) is 0 Å². The average Bonchev–Trinajstić information content (AvgIpc) is 2.99. The fourth-order valence-electron chi connectivity index (χ4n) is 4.59. The Bertz CT molecular complexity index is 1450. The largest absolute Gasteiger partial charge is 0.497 e. The number of benzene rings is 5. The van der Waals surface area contributed by atoms with Crippen molar-refractivity contribution in [2.75, 3.05) is 13.0 Å². The van der Waals surface area contributed by atoms with Crippen LogP contribution in [0.1, 0.15) is 0 Å². The van der Waals surface area contributed by atoms with Gasteiger partial charge in [-0.05, 0) is 45.5 Å². The maximum Gasteiger partial charge on any atom is 0.119 e. The minimum absolute atomic E-state index is 0.781. The van der Waals surface area contributed by atoms with Crippen LogP contribution in [0.5, 0.6) is 5.75 Å². The SMILES string of the molecule is COc1ccc(N=P(CP(=S)(c2ccccc2)c2ccccc2)(c2ccccc2)c2ccccc2)cc1. The molecule has 184 valence electrons. The van der Waals surface area contributed by atoms with Gasteiger partial charge in [0.05, 0.1) is 12.8 Å². The summed E-state index contributed by atoms with van der Waals surface area (Å²) in [4.78, 5) is 0. The summed E-state index contributed by atoms with van der Waals surface area (Å²) in [6, 6.07) is 48.6. The van der Waals surface area contributed by atoms with Crippen molar-refractivity contribution in [3.63, 3.8) is 0 Å². The molecule has 0 fully saturated rings. The van der Waals surface area contributed by atoms with Crippen LogP contribution >= 0.6 is 13.1 Å². The minimum Gasteiger partial charge on any atom is -0.497 e. The van der Waals surface area contributed by atoms with Gasteiger partial charge in [-0.15, -0.1) is 0 Å². The molecule has 0 spiro atoms. The van der Waals surface area contributed by atoms with E-state index < -0.39 is 13.1 Å². The van der Waals surface area contributed by atoms with Crippen LogP contribution in [0.4, 0.5) is 5.69 Å². The van der Waals surface area contributed by atoms with Crippen molar-refractivity contribution in [2.45, 2.75) is 0 Å². The Morgan fingerprint density at radius 3 is 1.30 bits per heavy atom. The Morgan fingerprint density at radius 1 is 0.541 bits per heavy atom. The Kier molecular flexibility index (Phi) is 7.87. The molecule has 0 aliphatic rings. The van der Waals surface area contributed by atoms with Crippen molar-refractivity contribution in [1.29, 1.82) is 0 Å². The number of ether oxygens (including phenoxy) is 1. The van der Waals surface area contributed by atoms with E-state index in [-0.39, 0.29) is 0 Å². The highest BCUT2D eigenvalue weighted by Crippen LogP contribution is 2.62. The summed E-state index contributed by atoms with van der Waals surface area (Å²) in [5, 5.41) is 4.91. The Balaban J connectivity index is 1.84. The average molecular weight is 538 g/mol. The van der Waals surface area contributed by atoms with Gasteiger partial charge in [-0.1, -0.05) is 133 Å². The standard InChI is InChI=1S/C32H29NOP2S/c1-34-28-24-22-27(23-25-28)33-35(29-14-6-2-7-15-29,30-16-8-3-9-17-30)26-36(37,31-18-10-4-11-19-31)32-20-12-5-13-21-32/h2-25H,26H2,1H3. The molecule has 0 aromatic heterocycles. The highest BCUT2D eigenvalue weighted by Gasteiger charge is 2.34. The minimum atomic E-state index is -2.37. The van der Waals surface area contributed by atoms with Crippen molar-refractivity contribution in [3.8, 4) is 5.75 Å². The summed E-state index contributed by atoms with van der Waals surface area (Å²) in [7, 11) is -0.682. The third-order valence-corrected chi connectivity index (χ3v) is 17.2. The number of hydrogen-bond donors (Lipinski definition) is 0. The second-order valence-corrected chi connectivity index (χ2v) is 17.1. The molecule has 2 nitrogen and oxygen atoms in total. The first-order valence-corrected chi connectivity index (χ1v) is 17.1. The predicted octanol–water partition coefficient (Wildman–Crippen LogP) is 7.27. The van der Waals surface area contributed by atoms with E-state index in [0.29, 0.717) is 0 Å². The van der Waals surface area contributed by atoms with E-state index >= 15 is 0 Å². The van der Waals surface area contributed by atoms with E-state index in [9.17, 15) is 0 Å². The van der Waals surface area contributed by atoms with Gasteiger partial charge in [0.15, 0.2) is 0 Å². The third kappa shape index (κ3) is 5.41. The van der Waals surface area contributed by atoms with Gasteiger partial charge in [0, 0.05) is 19.0 Å². The van der Waals surface area contributed by atoms with Crippen LogP contribution < -0.4 is 26.0 Å². The first-order chi connectivity index (χ1) is 18.1. The molecule has 5 rings (SSSR count). The first-order valence-electron chi connectivity index (χ1n) is 12.2. The van der Waals surface area contributed by atoms with E-state index in [1.165, 1.54) is 21.2 Å². The summed E-state index contributed by atoms with van der Waals surface area (Å²) in [5.41, 5.74) is 0.935. The second-order valence-electron chi connectivity index (χ2n) is 8.79. The maximum absolute atomic E-state index is 6.80. The number of nitrogens with zero attached hydrogens (tertiary/aromatic N) is 1. The molecule has 0 N–H and O–H groups in total. The fourth-order valence-corrected chi connectivity index (χ4v) is 16.0. The molecule has 5 aromatic carbocycles. The molecule has 0 heterocycles. The van der Waals surface area contributed by atoms with Gasteiger partial charge in [-0.2, -0.15) is 0 Å². The lowest BCUT2D eigenvalue weighted by molar-refractivity contribution is 0.415. The molecule has 5 aromatic rings. The molecule has 0 aliphatic heterocycles. The van der Waals surface area contributed by atoms with Crippen LogP contribution in [0.15, 0.2) is 150 Å². The zero-order chi connectivity index (χ0) is 25.6. The lowest BCUT2D eigenvalue weighted by Crippen LogP contribution is -2.25. The molecule has 0 amide bonds. The Morgan fingerprint density at radius 2 is 0.919 bits per heavy atom. The molecule has 5 heteroatoms. The lowest BCUT2D eigenvalue weighted by Gasteiger charge is -2.33. The number of methoxy groups -OCH3 is 1. The maximum atomic E-state index is 6.80. The first kappa shape index (κ1) is 25.4. The molecule has 0 radical (unpaired) electrons. The molecule has 37 heavy (non-hydrogen) atoms. The van der Waals surface area contributed by atoms with Gasteiger partial charge in [0.1, 0.15) is 5.75 Å². The van der Waals surface area contributed by atoms with E-state index in [2.05, 4.69) is 121 Å². The highest BCUT2D eigenvalue weighted by molar-refractivity contribution is 8.25. The zero-order valence-electron chi connectivity index (χ0n) is 20.7. The summed E-state index contributed by atoms with van der Waals surface area (Å²) in [6.45, 7) is 0. The Labute approximate surface area is 225 Å². The van der Waals surface area contributed by atoms with Gasteiger partial charge < -0.3 is 4.74 Å². The summed E-state index contributed by atoms with van der Waals surface area (Å²) in [5.74, 6) is 1.60. The fraction of sp³-hybridized carbons (Fsp3) is 0.0625. The molecule has 0 unspecified atom stereocenters. The molecule has 0 saturated carbocycles. The smallest absolute Gasteiger partial charge is 0.119 e. The lowest BCUT2D eigenvalue weighted by atomic mass is 10.3. The van der Waals surface area contributed by atoms with Crippen molar-refractivity contribution in [3.05, 3.63) is 146 Å². The highest BCUT2D eigenvalue weighted by atomic mass is 32.4. The summed E-state index contributed by atoms with van der Waals surface area (Å²) in [6.07, 6.45) is 0. The van der Waals surface area contributed by atoms with Gasteiger partial charge in [-0.3, -0.25) is 4.74 Å². The van der Waals surface area contributed by atoms with Crippen molar-refractivity contribution in [2.24, 2.45) is 4.74 Å². The molecule has 0 atom stereocenters. The summed E-state index contributed by atoms with van der Waals surface area (Å²) >= 11 is 6.80. The zero-order valence-corrected chi connectivity index (χ0v) is 23.3. The van der Waals surface area contributed by atoms with E-state index in [1.54, 1.807) is 7.11 Å². The third-order valence-electron chi connectivity index (χ3n) is 6.48. The van der Waals surface area contributed by atoms with Crippen LogP contribution in [0.2, 0.25) is 0 Å². The van der Waals surface area contributed by atoms with Crippen LogP contribution in [-0.2, 0) is 11.8 Å². The van der Waals surface area contributed by atoms with Crippen LogP contribution in [0, 0.1) is 0 Å². The second kappa shape index (κ2) is 11.4. The number of hydrogen-bond acceptors (Lipinski definition) is 3. The van der Waals surface area contributed by atoms with E-state index in [1.807, 2.05) is 24.3 Å². The predicted molar refractivity (Wildman–Crippen MR) is 165 cm³/mol.